The molecule has 3 N–H and O–H groups in total. The Hall–Kier alpha value is -3.28. The first-order valence-corrected chi connectivity index (χ1v) is 8.58. The minimum Gasteiger partial charge on any atom is -0.445 e. The van der Waals surface area contributed by atoms with Crippen molar-refractivity contribution in [3.8, 4) is 5.88 Å². The number of anilines is 1. The molecule has 1 amide bonds. The zero-order valence-corrected chi connectivity index (χ0v) is 15.7. The molecule has 0 radical (unpaired) electrons. The van der Waals surface area contributed by atoms with Crippen molar-refractivity contribution in [2.75, 3.05) is 25.4 Å². The van der Waals surface area contributed by atoms with Gasteiger partial charge in [0, 0.05) is 11.3 Å². The number of carbonyl (C=O) groups excluding carboxylic acids is 1. The van der Waals surface area contributed by atoms with E-state index >= 15 is 0 Å². The molecule has 1 atom stereocenters. The van der Waals surface area contributed by atoms with Crippen LogP contribution in [0.25, 0.3) is 0 Å². The van der Waals surface area contributed by atoms with Gasteiger partial charge in [-0.15, -0.1) is 0 Å². The summed E-state index contributed by atoms with van der Waals surface area (Å²) in [5.74, 6) is -5.62. The van der Waals surface area contributed by atoms with E-state index in [9.17, 15) is 22.4 Å². The number of alkyl halides is 3. The highest BCUT2D eigenvalue weighted by molar-refractivity contribution is 6.02. The van der Waals surface area contributed by atoms with Crippen molar-refractivity contribution in [1.82, 2.24) is 9.97 Å². The normalized spacial score (nSPS) is 20.8. The summed E-state index contributed by atoms with van der Waals surface area (Å²) < 4.78 is 65.3. The third-order valence-corrected chi connectivity index (χ3v) is 4.42. The van der Waals surface area contributed by atoms with Crippen LogP contribution in [0.3, 0.4) is 0 Å². The van der Waals surface area contributed by atoms with Gasteiger partial charge in [-0.1, -0.05) is 0 Å². The van der Waals surface area contributed by atoms with E-state index in [-0.39, 0.29) is 29.7 Å². The summed E-state index contributed by atoms with van der Waals surface area (Å²) in [6, 6.07) is 3.15. The van der Waals surface area contributed by atoms with Crippen LogP contribution in [0, 0.1) is 5.82 Å². The fourth-order valence-electron chi connectivity index (χ4n) is 2.82. The van der Waals surface area contributed by atoms with Crippen LogP contribution >= 0.6 is 0 Å². The summed E-state index contributed by atoms with van der Waals surface area (Å²) >= 11 is 0. The van der Waals surface area contributed by atoms with Crippen LogP contribution in [0.2, 0.25) is 0 Å². The molecule has 0 aliphatic carbocycles. The summed E-state index contributed by atoms with van der Waals surface area (Å²) in [4.78, 5) is 23.6. The largest absolute Gasteiger partial charge is 0.445 e. The number of halogens is 4. The highest BCUT2D eigenvalue weighted by Crippen LogP contribution is 2.44. The van der Waals surface area contributed by atoms with E-state index in [1.54, 1.807) is 0 Å². The maximum absolute atomic E-state index is 14.7. The molecule has 12 heteroatoms. The molecule has 30 heavy (non-hydrogen) atoms. The fraction of sp³-hybridized carbons (Fsp3) is 0.333. The zero-order valence-electron chi connectivity index (χ0n) is 15.7. The lowest BCUT2D eigenvalue weighted by molar-refractivity contribution is -0.116. The molecule has 160 valence electrons. The van der Waals surface area contributed by atoms with E-state index in [0.717, 1.165) is 31.5 Å². The number of aliphatic imine (C=N–C) groups is 1. The Labute approximate surface area is 168 Å². The molecule has 0 spiro atoms. The Morgan fingerprint density at radius 1 is 1.33 bits per heavy atom. The lowest BCUT2D eigenvalue weighted by Crippen LogP contribution is -2.45. The van der Waals surface area contributed by atoms with Gasteiger partial charge in [0.1, 0.15) is 30.6 Å². The third kappa shape index (κ3) is 4.17. The molecule has 1 aromatic heterocycles. The number of hydrogen-bond acceptors (Lipinski definition) is 7. The van der Waals surface area contributed by atoms with Crippen molar-refractivity contribution in [1.29, 1.82) is 0 Å². The van der Waals surface area contributed by atoms with Crippen molar-refractivity contribution in [3.63, 3.8) is 0 Å². The van der Waals surface area contributed by atoms with Gasteiger partial charge in [0.2, 0.25) is 12.7 Å². The number of carbonyl (C=O) groups is 1. The second kappa shape index (κ2) is 8.22. The maximum Gasteiger partial charge on any atom is 0.299 e. The molecule has 2 heterocycles. The Balaban J connectivity index is 1.91. The summed E-state index contributed by atoms with van der Waals surface area (Å²) in [7, 11) is 0. The number of amidine groups is 1. The van der Waals surface area contributed by atoms with Crippen molar-refractivity contribution in [3.05, 3.63) is 47.7 Å². The number of hydrogen-bond donors (Lipinski definition) is 2. The predicted octanol–water partition coefficient (Wildman–Crippen LogP) is 2.41. The standard InChI is InChI=1S/C18H17F4N5O3/c1-17(18(21,22)8-29-7-14(23)27-17)11-4-10(2-3-12(11)20)26-16(28)13-5-25-15(6-24-13)30-9-19/h2-6H,7-9H2,1H3,(H2,23,27)(H,26,28)/t17-/m1/s1. The number of benzene rings is 1. The fourth-order valence-corrected chi connectivity index (χ4v) is 2.82. The molecule has 0 unspecified atom stereocenters. The van der Waals surface area contributed by atoms with Gasteiger partial charge in [-0.25, -0.2) is 27.5 Å². The Morgan fingerprint density at radius 3 is 2.77 bits per heavy atom. The summed E-state index contributed by atoms with van der Waals surface area (Å²) in [5.41, 5.74) is 2.62. The number of ether oxygens (including phenoxy) is 2. The van der Waals surface area contributed by atoms with Crippen LogP contribution < -0.4 is 15.8 Å². The molecular weight excluding hydrogens is 410 g/mol. The Kier molecular flexibility index (Phi) is 5.87. The van der Waals surface area contributed by atoms with Crippen molar-refractivity contribution < 1.29 is 31.8 Å². The van der Waals surface area contributed by atoms with Gasteiger partial charge < -0.3 is 20.5 Å². The average molecular weight is 427 g/mol. The second-order valence-electron chi connectivity index (χ2n) is 6.51. The monoisotopic (exact) mass is 427 g/mol. The maximum atomic E-state index is 14.7. The van der Waals surface area contributed by atoms with Crippen LogP contribution in [-0.4, -0.2) is 47.7 Å². The van der Waals surface area contributed by atoms with Gasteiger partial charge in [0.15, 0.2) is 5.54 Å². The lowest BCUT2D eigenvalue weighted by atomic mass is 9.85. The molecule has 0 bridgehead atoms. The smallest absolute Gasteiger partial charge is 0.299 e. The van der Waals surface area contributed by atoms with Gasteiger partial charge in [0.25, 0.3) is 11.8 Å². The molecule has 1 aromatic carbocycles. The average Bonchev–Trinajstić information content (AvgIpc) is 2.79. The molecule has 0 fully saturated rings. The second-order valence-corrected chi connectivity index (χ2v) is 6.51. The molecule has 3 rings (SSSR count). The van der Waals surface area contributed by atoms with E-state index in [4.69, 9.17) is 10.5 Å². The highest BCUT2D eigenvalue weighted by atomic mass is 19.3. The van der Waals surface area contributed by atoms with Gasteiger partial charge in [-0.05, 0) is 25.1 Å². The predicted molar refractivity (Wildman–Crippen MR) is 97.7 cm³/mol. The molecule has 8 nitrogen and oxygen atoms in total. The van der Waals surface area contributed by atoms with Gasteiger partial charge in [-0.3, -0.25) is 9.79 Å². The Morgan fingerprint density at radius 2 is 2.10 bits per heavy atom. The van der Waals surface area contributed by atoms with E-state index in [1.807, 2.05) is 0 Å². The van der Waals surface area contributed by atoms with E-state index in [2.05, 4.69) is 25.0 Å². The molecular formula is C18H17F4N5O3. The van der Waals surface area contributed by atoms with E-state index in [0.29, 0.717) is 0 Å². The number of nitrogens with two attached hydrogens (primary N) is 1. The quantitative estimate of drug-likeness (QED) is 0.709. The van der Waals surface area contributed by atoms with Crippen molar-refractivity contribution in [2.45, 2.75) is 18.4 Å². The summed E-state index contributed by atoms with van der Waals surface area (Å²) in [5, 5.41) is 2.41. The number of amides is 1. The van der Waals surface area contributed by atoms with E-state index in [1.165, 1.54) is 6.07 Å². The molecule has 0 saturated heterocycles. The minimum absolute atomic E-state index is 0.0123. The first-order valence-electron chi connectivity index (χ1n) is 8.58. The van der Waals surface area contributed by atoms with E-state index < -0.39 is 42.2 Å². The third-order valence-electron chi connectivity index (χ3n) is 4.42. The minimum atomic E-state index is -3.57. The summed E-state index contributed by atoms with van der Waals surface area (Å²) in [6.45, 7) is -1.40. The van der Waals surface area contributed by atoms with Crippen molar-refractivity contribution in [2.24, 2.45) is 10.7 Å². The number of aromatic nitrogens is 2. The van der Waals surface area contributed by atoms with Gasteiger partial charge in [0.05, 0.1) is 12.4 Å². The topological polar surface area (TPSA) is 112 Å². The number of nitrogens with one attached hydrogen (secondary N) is 1. The van der Waals surface area contributed by atoms with Crippen LogP contribution in [0.1, 0.15) is 23.0 Å². The first-order chi connectivity index (χ1) is 14.2. The van der Waals surface area contributed by atoms with Crippen molar-refractivity contribution >= 4 is 17.4 Å². The molecule has 1 aliphatic heterocycles. The number of nitrogens with zero attached hydrogens (tertiary/aromatic N) is 3. The first kappa shape index (κ1) is 21.4. The lowest BCUT2D eigenvalue weighted by Gasteiger charge is -2.33. The van der Waals surface area contributed by atoms with Gasteiger partial charge >= 0.3 is 0 Å². The molecule has 1 aliphatic rings. The van der Waals surface area contributed by atoms with Crippen LogP contribution in [0.15, 0.2) is 35.6 Å². The van der Waals surface area contributed by atoms with Crippen LogP contribution in [0.5, 0.6) is 5.88 Å². The number of rotatable bonds is 5. The SMILES string of the molecule is C[C@]1(c2cc(NC(=O)c3cnc(OCF)cn3)ccc2F)N=C(N)COCC1(F)F. The van der Waals surface area contributed by atoms with Gasteiger partial charge in [-0.2, -0.15) is 0 Å². The molecule has 0 saturated carbocycles. The van der Waals surface area contributed by atoms with Crippen LogP contribution in [-0.2, 0) is 10.3 Å². The van der Waals surface area contributed by atoms with Crippen LogP contribution in [0.4, 0.5) is 23.2 Å². The Bertz CT molecular complexity index is 971. The molecule has 2 aromatic rings. The zero-order chi connectivity index (χ0) is 21.9. The summed E-state index contributed by atoms with van der Waals surface area (Å²) in [6.07, 6.45) is 2.07. The highest BCUT2D eigenvalue weighted by Gasteiger charge is 2.54.